The van der Waals surface area contributed by atoms with E-state index in [2.05, 4.69) is 15.5 Å². The van der Waals surface area contributed by atoms with Crippen LogP contribution < -0.4 is 15.6 Å². The van der Waals surface area contributed by atoms with E-state index in [1.807, 2.05) is 72.1 Å². The predicted molar refractivity (Wildman–Crippen MR) is 136 cm³/mol. The molecular formula is C27H31N5O3. The van der Waals surface area contributed by atoms with Crippen LogP contribution in [-0.2, 0) is 6.54 Å². The van der Waals surface area contributed by atoms with Gasteiger partial charge in [-0.25, -0.2) is 4.98 Å². The van der Waals surface area contributed by atoms with Crippen molar-refractivity contribution in [2.75, 3.05) is 7.05 Å². The molecule has 0 aliphatic heterocycles. The highest BCUT2D eigenvalue weighted by atomic mass is 16.5. The van der Waals surface area contributed by atoms with E-state index in [0.717, 1.165) is 34.7 Å². The van der Waals surface area contributed by atoms with Gasteiger partial charge in [-0.05, 0) is 65.4 Å². The molecule has 3 heterocycles. The maximum atomic E-state index is 12.2. The Labute approximate surface area is 205 Å². The second-order valence-corrected chi connectivity index (χ2v) is 9.05. The lowest BCUT2D eigenvalue weighted by molar-refractivity contribution is 0.243. The molecule has 0 saturated carbocycles. The van der Waals surface area contributed by atoms with E-state index in [4.69, 9.17) is 14.2 Å². The van der Waals surface area contributed by atoms with Crippen molar-refractivity contribution < 1.29 is 9.26 Å². The van der Waals surface area contributed by atoms with E-state index in [1.165, 1.54) is 0 Å². The van der Waals surface area contributed by atoms with Crippen molar-refractivity contribution in [3.8, 4) is 39.7 Å². The highest BCUT2D eigenvalue weighted by molar-refractivity contribution is 5.72. The van der Waals surface area contributed by atoms with Crippen molar-refractivity contribution in [2.45, 2.75) is 53.3 Å². The van der Waals surface area contributed by atoms with Gasteiger partial charge in [0.15, 0.2) is 5.76 Å². The molecule has 0 aliphatic rings. The van der Waals surface area contributed by atoms with Gasteiger partial charge in [-0.15, -0.1) is 0 Å². The number of hydrogen-bond acceptors (Lipinski definition) is 7. The standard InChI is InChI=1S/C27H31N5O3/c1-16(2)32-15-20(8-10-26(32)33)23-14-29-18(5)27(30-23)25-12-22(31-35-25)21-9-7-19(13-28-6)11-24(21)34-17(3)4/h7-12,14-17,28H,13H2,1-6H3. The smallest absolute Gasteiger partial charge is 0.250 e. The molecule has 35 heavy (non-hydrogen) atoms. The first-order chi connectivity index (χ1) is 16.8. The molecule has 4 rings (SSSR count). The third-order valence-electron chi connectivity index (χ3n) is 5.55. The summed E-state index contributed by atoms with van der Waals surface area (Å²) in [6.07, 6.45) is 3.53. The third-order valence-corrected chi connectivity index (χ3v) is 5.55. The molecule has 0 radical (unpaired) electrons. The maximum Gasteiger partial charge on any atom is 0.250 e. The minimum atomic E-state index is -0.0518. The second kappa shape index (κ2) is 10.2. The summed E-state index contributed by atoms with van der Waals surface area (Å²) in [5.41, 5.74) is 5.35. The number of ether oxygens (including phenoxy) is 1. The topological polar surface area (TPSA) is 95.1 Å². The Morgan fingerprint density at radius 3 is 2.60 bits per heavy atom. The fraction of sp³-hybridized carbons (Fsp3) is 0.333. The lowest BCUT2D eigenvalue weighted by Crippen LogP contribution is -2.20. The fourth-order valence-corrected chi connectivity index (χ4v) is 3.84. The van der Waals surface area contributed by atoms with Gasteiger partial charge in [0.05, 0.1) is 23.7 Å². The van der Waals surface area contributed by atoms with Gasteiger partial charge in [-0.2, -0.15) is 0 Å². The molecular weight excluding hydrogens is 442 g/mol. The summed E-state index contributed by atoms with van der Waals surface area (Å²) in [4.78, 5) is 21.5. The van der Waals surface area contributed by atoms with Crippen LogP contribution in [0.4, 0.5) is 0 Å². The van der Waals surface area contributed by atoms with Gasteiger partial charge in [-0.3, -0.25) is 9.78 Å². The number of aryl methyl sites for hydroxylation is 1. The molecule has 0 saturated heterocycles. The molecule has 182 valence electrons. The van der Waals surface area contributed by atoms with E-state index in [9.17, 15) is 4.79 Å². The average molecular weight is 474 g/mol. The summed E-state index contributed by atoms with van der Waals surface area (Å²) in [5, 5.41) is 7.48. The van der Waals surface area contributed by atoms with Gasteiger partial charge in [0.25, 0.3) is 5.56 Å². The van der Waals surface area contributed by atoms with E-state index in [-0.39, 0.29) is 17.7 Å². The van der Waals surface area contributed by atoms with E-state index >= 15 is 0 Å². The first kappa shape index (κ1) is 24.3. The van der Waals surface area contributed by atoms with Crippen LogP contribution in [0, 0.1) is 6.92 Å². The molecule has 1 N–H and O–H groups in total. The molecule has 0 fully saturated rings. The van der Waals surface area contributed by atoms with Crippen LogP contribution in [0.3, 0.4) is 0 Å². The molecule has 3 aromatic heterocycles. The summed E-state index contributed by atoms with van der Waals surface area (Å²) in [6.45, 7) is 10.5. The summed E-state index contributed by atoms with van der Waals surface area (Å²) in [5.74, 6) is 1.26. The van der Waals surface area contributed by atoms with Crippen LogP contribution in [0.2, 0.25) is 0 Å². The number of aromatic nitrogens is 4. The summed E-state index contributed by atoms with van der Waals surface area (Å²) in [6, 6.07) is 11.3. The van der Waals surface area contributed by atoms with Crippen LogP contribution in [0.25, 0.3) is 34.0 Å². The van der Waals surface area contributed by atoms with Crippen molar-refractivity contribution >= 4 is 0 Å². The Balaban J connectivity index is 1.73. The first-order valence-corrected chi connectivity index (χ1v) is 11.7. The highest BCUT2D eigenvalue weighted by Crippen LogP contribution is 2.34. The zero-order valence-electron chi connectivity index (χ0n) is 21.0. The Kier molecular flexibility index (Phi) is 7.12. The van der Waals surface area contributed by atoms with E-state index in [1.54, 1.807) is 22.9 Å². The minimum absolute atomic E-state index is 0.0175. The monoisotopic (exact) mass is 473 g/mol. The minimum Gasteiger partial charge on any atom is -0.490 e. The van der Waals surface area contributed by atoms with Crippen molar-refractivity contribution in [3.05, 3.63) is 70.4 Å². The quantitative estimate of drug-likeness (QED) is 0.384. The number of nitrogens with zero attached hydrogens (tertiary/aromatic N) is 4. The van der Waals surface area contributed by atoms with Crippen LogP contribution in [-0.4, -0.2) is 32.8 Å². The lowest BCUT2D eigenvalue weighted by Gasteiger charge is -2.14. The Morgan fingerprint density at radius 2 is 1.89 bits per heavy atom. The zero-order chi connectivity index (χ0) is 25.1. The van der Waals surface area contributed by atoms with E-state index in [0.29, 0.717) is 22.8 Å². The first-order valence-electron chi connectivity index (χ1n) is 11.7. The number of hydrogen-bond donors (Lipinski definition) is 1. The maximum absolute atomic E-state index is 12.2. The number of rotatable bonds is 8. The van der Waals surface area contributed by atoms with Crippen LogP contribution in [0.15, 0.2) is 58.1 Å². The fourth-order valence-electron chi connectivity index (χ4n) is 3.84. The van der Waals surface area contributed by atoms with Crippen molar-refractivity contribution in [1.82, 2.24) is 25.0 Å². The average Bonchev–Trinajstić information content (AvgIpc) is 3.29. The van der Waals surface area contributed by atoms with Crippen LogP contribution >= 0.6 is 0 Å². The normalized spacial score (nSPS) is 11.4. The zero-order valence-corrected chi connectivity index (χ0v) is 21.0. The van der Waals surface area contributed by atoms with Gasteiger partial charge < -0.3 is 19.1 Å². The molecule has 0 unspecified atom stereocenters. The Hall–Kier alpha value is -3.78. The van der Waals surface area contributed by atoms with Gasteiger partial charge in [-0.1, -0.05) is 11.2 Å². The van der Waals surface area contributed by atoms with Gasteiger partial charge >= 0.3 is 0 Å². The summed E-state index contributed by atoms with van der Waals surface area (Å²) in [7, 11) is 1.91. The second-order valence-electron chi connectivity index (χ2n) is 9.05. The molecule has 8 nitrogen and oxygen atoms in total. The molecule has 0 amide bonds. The van der Waals surface area contributed by atoms with Crippen LogP contribution in [0.1, 0.15) is 45.0 Å². The predicted octanol–water partition coefficient (Wildman–Crippen LogP) is 5.02. The number of pyridine rings is 1. The van der Waals surface area contributed by atoms with Gasteiger partial charge in [0.2, 0.25) is 0 Å². The van der Waals surface area contributed by atoms with Crippen molar-refractivity contribution in [1.29, 1.82) is 0 Å². The molecule has 8 heteroatoms. The van der Waals surface area contributed by atoms with Gasteiger partial charge in [0.1, 0.15) is 17.1 Å². The third kappa shape index (κ3) is 5.33. The molecule has 0 atom stereocenters. The Bertz CT molecular complexity index is 1390. The largest absolute Gasteiger partial charge is 0.490 e. The highest BCUT2D eigenvalue weighted by Gasteiger charge is 2.18. The molecule has 0 spiro atoms. The van der Waals surface area contributed by atoms with Gasteiger partial charge in [0, 0.05) is 42.0 Å². The molecule has 1 aromatic carbocycles. The van der Waals surface area contributed by atoms with Crippen molar-refractivity contribution in [2.24, 2.45) is 0 Å². The van der Waals surface area contributed by atoms with E-state index < -0.39 is 0 Å². The Morgan fingerprint density at radius 1 is 1.09 bits per heavy atom. The van der Waals surface area contributed by atoms with Crippen LogP contribution in [0.5, 0.6) is 5.75 Å². The molecule has 0 aliphatic carbocycles. The molecule has 0 bridgehead atoms. The number of benzene rings is 1. The SMILES string of the molecule is CNCc1ccc(-c2cc(-c3nc(-c4ccc(=O)n(C(C)C)c4)cnc3C)on2)c(OC(C)C)c1. The lowest BCUT2D eigenvalue weighted by atomic mass is 10.1. The van der Waals surface area contributed by atoms with Crippen molar-refractivity contribution in [3.63, 3.8) is 0 Å². The summed E-state index contributed by atoms with van der Waals surface area (Å²) >= 11 is 0. The summed E-state index contributed by atoms with van der Waals surface area (Å²) < 4.78 is 13.5. The number of nitrogens with one attached hydrogen (secondary N) is 1. The molecule has 4 aromatic rings.